The second-order valence-corrected chi connectivity index (χ2v) is 5.38. The van der Waals surface area contributed by atoms with E-state index in [1.807, 2.05) is 6.92 Å². The summed E-state index contributed by atoms with van der Waals surface area (Å²) in [6.07, 6.45) is 1.60. The van der Waals surface area contributed by atoms with Crippen LogP contribution in [0, 0.1) is 0 Å². The molecular weight excluding hydrogens is 232 g/mol. The maximum Gasteiger partial charge on any atom is 0.0900 e. The molecule has 0 amide bonds. The number of piperidine rings is 1. The van der Waals surface area contributed by atoms with E-state index < -0.39 is 6.10 Å². The predicted octanol–water partition coefficient (Wildman–Crippen LogP) is 0.210. The lowest BCUT2D eigenvalue weighted by Crippen LogP contribution is -2.48. The number of ether oxygens (including phenoxy) is 2. The van der Waals surface area contributed by atoms with Crippen LogP contribution in [0.25, 0.3) is 0 Å². The van der Waals surface area contributed by atoms with Crippen LogP contribution in [0.5, 0.6) is 0 Å². The summed E-state index contributed by atoms with van der Waals surface area (Å²) in [5.74, 6) is 0. The van der Waals surface area contributed by atoms with Crippen molar-refractivity contribution in [3.63, 3.8) is 0 Å². The number of rotatable bonds is 7. The van der Waals surface area contributed by atoms with Gasteiger partial charge in [0.1, 0.15) is 0 Å². The van der Waals surface area contributed by atoms with Crippen LogP contribution in [0.15, 0.2) is 0 Å². The molecule has 1 heterocycles. The largest absolute Gasteiger partial charge is 0.389 e. The molecule has 1 saturated heterocycles. The first kappa shape index (κ1) is 15.9. The van der Waals surface area contributed by atoms with E-state index in [0.717, 1.165) is 19.4 Å². The number of β-amino-alcohol motifs (C(OH)–C–C–N with tert-alkyl or cyclic N) is 1. The molecule has 0 aromatic heterocycles. The van der Waals surface area contributed by atoms with Gasteiger partial charge < -0.3 is 20.3 Å². The van der Waals surface area contributed by atoms with Crippen molar-refractivity contribution >= 4 is 0 Å². The van der Waals surface area contributed by atoms with Gasteiger partial charge in [0.2, 0.25) is 0 Å². The minimum Gasteiger partial charge on any atom is -0.389 e. The fourth-order valence-corrected chi connectivity index (χ4v) is 2.41. The van der Waals surface area contributed by atoms with Crippen molar-refractivity contribution in [1.29, 1.82) is 0 Å². The Morgan fingerprint density at radius 3 is 2.78 bits per heavy atom. The van der Waals surface area contributed by atoms with Gasteiger partial charge in [-0.1, -0.05) is 0 Å². The quantitative estimate of drug-likeness (QED) is 0.685. The number of hydrogen-bond acceptors (Lipinski definition) is 5. The summed E-state index contributed by atoms with van der Waals surface area (Å²) in [5, 5.41) is 9.96. The second-order valence-electron chi connectivity index (χ2n) is 5.38. The Morgan fingerprint density at radius 2 is 2.17 bits per heavy atom. The number of methoxy groups -OCH3 is 1. The zero-order valence-corrected chi connectivity index (χ0v) is 11.8. The molecule has 0 spiro atoms. The molecule has 5 heteroatoms. The fourth-order valence-electron chi connectivity index (χ4n) is 2.41. The molecule has 1 rings (SSSR count). The minimum atomic E-state index is -0.443. The smallest absolute Gasteiger partial charge is 0.0900 e. The van der Waals surface area contributed by atoms with Gasteiger partial charge in [0, 0.05) is 25.7 Å². The van der Waals surface area contributed by atoms with Crippen molar-refractivity contribution in [3.8, 4) is 0 Å². The maximum atomic E-state index is 9.96. The van der Waals surface area contributed by atoms with E-state index in [2.05, 4.69) is 11.8 Å². The Kier molecular flexibility index (Phi) is 7.11. The van der Waals surface area contributed by atoms with E-state index in [1.165, 1.54) is 0 Å². The van der Waals surface area contributed by atoms with E-state index in [-0.39, 0.29) is 6.10 Å². The lowest BCUT2D eigenvalue weighted by molar-refractivity contribution is -0.0448. The number of likely N-dealkylation sites (tertiary alicyclic amines) is 1. The Labute approximate surface area is 110 Å². The third kappa shape index (κ3) is 5.63. The summed E-state index contributed by atoms with van der Waals surface area (Å²) in [7, 11) is 1.65. The van der Waals surface area contributed by atoms with Crippen LogP contribution >= 0.6 is 0 Å². The highest BCUT2D eigenvalue weighted by atomic mass is 16.5. The summed E-state index contributed by atoms with van der Waals surface area (Å²) in [5.41, 5.74) is 5.92. The first-order chi connectivity index (χ1) is 8.52. The molecule has 1 aliphatic heterocycles. The minimum absolute atomic E-state index is 0.0249. The number of hydrogen-bond donors (Lipinski definition) is 2. The Hall–Kier alpha value is -0.200. The van der Waals surface area contributed by atoms with Gasteiger partial charge in [0.05, 0.1) is 25.4 Å². The lowest BCUT2D eigenvalue weighted by Gasteiger charge is -2.37. The summed E-state index contributed by atoms with van der Waals surface area (Å²) in [4.78, 5) is 2.29. The number of nitrogens with zero attached hydrogens (tertiary/aromatic N) is 1. The zero-order chi connectivity index (χ0) is 13.5. The second kappa shape index (κ2) is 8.07. The molecular formula is C13H28N2O3. The Balaban J connectivity index is 2.21. The molecule has 5 nitrogen and oxygen atoms in total. The van der Waals surface area contributed by atoms with Gasteiger partial charge >= 0.3 is 0 Å². The Bertz CT molecular complexity index is 228. The van der Waals surface area contributed by atoms with E-state index in [9.17, 15) is 5.11 Å². The standard InChI is InChI=1S/C13H28N2O3/c1-10-6-12(14)4-5-15(10)7-13(16)9-18-11(2)8-17-3/h10-13,16H,4-9,14H2,1-3H3. The molecule has 18 heavy (non-hydrogen) atoms. The molecule has 0 aromatic rings. The maximum absolute atomic E-state index is 9.96. The van der Waals surface area contributed by atoms with Gasteiger partial charge in [-0.25, -0.2) is 0 Å². The van der Waals surface area contributed by atoms with Gasteiger partial charge in [0.15, 0.2) is 0 Å². The van der Waals surface area contributed by atoms with E-state index >= 15 is 0 Å². The summed E-state index contributed by atoms with van der Waals surface area (Å²) in [6.45, 7) is 6.65. The van der Waals surface area contributed by atoms with Crippen LogP contribution in [0.2, 0.25) is 0 Å². The van der Waals surface area contributed by atoms with Crippen LogP contribution in [0.1, 0.15) is 26.7 Å². The molecule has 0 saturated carbocycles. The Morgan fingerprint density at radius 1 is 1.44 bits per heavy atom. The highest BCUT2D eigenvalue weighted by Gasteiger charge is 2.24. The third-order valence-corrected chi connectivity index (χ3v) is 3.47. The van der Waals surface area contributed by atoms with Crippen molar-refractivity contribution in [1.82, 2.24) is 4.90 Å². The van der Waals surface area contributed by atoms with E-state index in [0.29, 0.717) is 31.8 Å². The van der Waals surface area contributed by atoms with E-state index in [4.69, 9.17) is 15.2 Å². The van der Waals surface area contributed by atoms with Crippen LogP contribution < -0.4 is 5.73 Å². The average Bonchev–Trinajstić information content (AvgIpc) is 2.31. The lowest BCUT2D eigenvalue weighted by atomic mass is 9.99. The molecule has 3 N–H and O–H groups in total. The molecule has 4 unspecified atom stereocenters. The first-order valence-corrected chi connectivity index (χ1v) is 6.81. The fraction of sp³-hybridized carbons (Fsp3) is 1.00. The van der Waals surface area contributed by atoms with Crippen LogP contribution in [-0.4, -0.2) is 67.7 Å². The van der Waals surface area contributed by atoms with Crippen molar-refractivity contribution in [3.05, 3.63) is 0 Å². The van der Waals surface area contributed by atoms with Gasteiger partial charge in [-0.15, -0.1) is 0 Å². The van der Waals surface area contributed by atoms with Crippen LogP contribution in [0.3, 0.4) is 0 Å². The van der Waals surface area contributed by atoms with Crippen molar-refractivity contribution in [2.45, 2.75) is 51.0 Å². The van der Waals surface area contributed by atoms with Crippen LogP contribution in [-0.2, 0) is 9.47 Å². The zero-order valence-electron chi connectivity index (χ0n) is 11.8. The van der Waals surface area contributed by atoms with Crippen molar-refractivity contribution < 1.29 is 14.6 Å². The van der Waals surface area contributed by atoms with Crippen molar-refractivity contribution in [2.75, 3.05) is 33.4 Å². The van der Waals surface area contributed by atoms with E-state index in [1.54, 1.807) is 7.11 Å². The van der Waals surface area contributed by atoms with Crippen molar-refractivity contribution in [2.24, 2.45) is 5.73 Å². The van der Waals surface area contributed by atoms with Gasteiger partial charge in [-0.3, -0.25) is 4.90 Å². The highest BCUT2D eigenvalue weighted by molar-refractivity contribution is 4.82. The molecule has 0 aliphatic carbocycles. The number of aliphatic hydroxyl groups excluding tert-OH is 1. The highest BCUT2D eigenvalue weighted by Crippen LogP contribution is 2.16. The van der Waals surface area contributed by atoms with Gasteiger partial charge in [-0.05, 0) is 33.2 Å². The topological polar surface area (TPSA) is 68.0 Å². The average molecular weight is 260 g/mol. The molecule has 4 atom stereocenters. The molecule has 0 radical (unpaired) electrons. The third-order valence-electron chi connectivity index (χ3n) is 3.47. The number of nitrogens with two attached hydrogens (primary N) is 1. The van der Waals surface area contributed by atoms with Gasteiger partial charge in [-0.2, -0.15) is 0 Å². The normalized spacial score (nSPS) is 29.2. The molecule has 0 aromatic carbocycles. The monoisotopic (exact) mass is 260 g/mol. The first-order valence-electron chi connectivity index (χ1n) is 6.81. The number of aliphatic hydroxyl groups is 1. The predicted molar refractivity (Wildman–Crippen MR) is 71.5 cm³/mol. The van der Waals surface area contributed by atoms with Crippen LogP contribution in [0.4, 0.5) is 0 Å². The van der Waals surface area contributed by atoms with Gasteiger partial charge in [0.25, 0.3) is 0 Å². The molecule has 0 bridgehead atoms. The summed E-state index contributed by atoms with van der Waals surface area (Å²) in [6, 6.07) is 0.756. The molecule has 1 aliphatic rings. The summed E-state index contributed by atoms with van der Waals surface area (Å²) >= 11 is 0. The molecule has 108 valence electrons. The molecule has 1 fully saturated rings. The summed E-state index contributed by atoms with van der Waals surface area (Å²) < 4.78 is 10.5. The SMILES string of the molecule is COCC(C)OCC(O)CN1CCC(N)CC1C.